The minimum absolute atomic E-state index is 0.308. The lowest BCUT2D eigenvalue weighted by molar-refractivity contribution is 0.0698. The Morgan fingerprint density at radius 1 is 1.33 bits per heavy atom. The van der Waals surface area contributed by atoms with Crippen LogP contribution in [0.5, 0.6) is 0 Å². The third-order valence-corrected chi connectivity index (χ3v) is 3.98. The van der Waals surface area contributed by atoms with Crippen molar-refractivity contribution in [2.75, 3.05) is 5.32 Å². The maximum absolute atomic E-state index is 11.1. The Kier molecular flexibility index (Phi) is 3.67. The van der Waals surface area contributed by atoms with Crippen LogP contribution in [0, 0.1) is 13.8 Å². The maximum Gasteiger partial charge on any atom is 0.337 e. The van der Waals surface area contributed by atoms with Crippen LogP contribution in [0.2, 0.25) is 0 Å². The molecular weight excluding hydrogens is 246 g/mol. The van der Waals surface area contributed by atoms with E-state index in [4.69, 9.17) is 5.11 Å². The number of benzene rings is 1. The van der Waals surface area contributed by atoms with Gasteiger partial charge in [0.15, 0.2) is 0 Å². The van der Waals surface area contributed by atoms with Gasteiger partial charge in [0.25, 0.3) is 0 Å². The molecule has 0 atom stereocenters. The van der Waals surface area contributed by atoms with Crippen LogP contribution in [0.15, 0.2) is 30.3 Å². The van der Waals surface area contributed by atoms with Crippen molar-refractivity contribution < 1.29 is 9.90 Å². The minimum Gasteiger partial charge on any atom is -0.478 e. The fourth-order valence-corrected chi connectivity index (χ4v) is 2.74. The van der Waals surface area contributed by atoms with Crippen molar-refractivity contribution in [3.05, 3.63) is 51.2 Å². The number of nitrogens with one attached hydrogen (secondary N) is 1. The molecule has 0 spiro atoms. The zero-order valence-electron chi connectivity index (χ0n) is 10.4. The second-order valence-corrected chi connectivity index (χ2v) is 5.50. The van der Waals surface area contributed by atoms with Crippen molar-refractivity contribution in [1.82, 2.24) is 0 Å². The van der Waals surface area contributed by atoms with E-state index < -0.39 is 5.97 Å². The molecule has 94 valence electrons. The van der Waals surface area contributed by atoms with Gasteiger partial charge in [0.2, 0.25) is 0 Å². The number of anilines is 1. The van der Waals surface area contributed by atoms with Gasteiger partial charge in [0, 0.05) is 22.0 Å². The lowest BCUT2D eigenvalue weighted by Gasteiger charge is -2.07. The van der Waals surface area contributed by atoms with Gasteiger partial charge in [-0.15, -0.1) is 11.3 Å². The van der Waals surface area contributed by atoms with E-state index in [0.29, 0.717) is 17.8 Å². The van der Waals surface area contributed by atoms with Crippen LogP contribution in [0.3, 0.4) is 0 Å². The van der Waals surface area contributed by atoms with Gasteiger partial charge in [-0.05, 0) is 37.6 Å². The molecule has 1 aromatic heterocycles. The summed E-state index contributed by atoms with van der Waals surface area (Å²) in [5.41, 5.74) is 2.25. The first kappa shape index (κ1) is 12.6. The van der Waals surface area contributed by atoms with E-state index in [1.54, 1.807) is 29.5 Å². The Hall–Kier alpha value is -1.81. The summed E-state index contributed by atoms with van der Waals surface area (Å²) in [4.78, 5) is 13.6. The summed E-state index contributed by atoms with van der Waals surface area (Å²) < 4.78 is 0. The molecule has 0 unspecified atom stereocenters. The Bertz CT molecular complexity index is 555. The summed E-state index contributed by atoms with van der Waals surface area (Å²) >= 11 is 1.74. The quantitative estimate of drug-likeness (QED) is 0.882. The highest BCUT2D eigenvalue weighted by Gasteiger charge is 2.09. The number of hydrogen-bond acceptors (Lipinski definition) is 3. The monoisotopic (exact) mass is 261 g/mol. The van der Waals surface area contributed by atoms with Crippen molar-refractivity contribution in [1.29, 1.82) is 0 Å². The SMILES string of the molecule is Cc1cc(CNc2ccccc2C(=O)O)sc1C. The van der Waals surface area contributed by atoms with Gasteiger partial charge in [0.1, 0.15) is 0 Å². The van der Waals surface area contributed by atoms with Crippen molar-refractivity contribution in [3.8, 4) is 0 Å². The Morgan fingerprint density at radius 2 is 2.06 bits per heavy atom. The molecule has 0 fully saturated rings. The summed E-state index contributed by atoms with van der Waals surface area (Å²) in [6, 6.07) is 9.09. The van der Waals surface area contributed by atoms with Gasteiger partial charge in [-0.2, -0.15) is 0 Å². The van der Waals surface area contributed by atoms with Crippen LogP contribution in [0.4, 0.5) is 5.69 Å². The summed E-state index contributed by atoms with van der Waals surface area (Å²) in [7, 11) is 0. The Morgan fingerprint density at radius 3 is 2.67 bits per heavy atom. The predicted octanol–water partition coefficient (Wildman–Crippen LogP) is 3.68. The zero-order chi connectivity index (χ0) is 13.1. The normalized spacial score (nSPS) is 10.3. The number of hydrogen-bond donors (Lipinski definition) is 2. The fourth-order valence-electron chi connectivity index (χ4n) is 1.74. The molecule has 4 heteroatoms. The summed E-state index contributed by atoms with van der Waals surface area (Å²) in [6.45, 7) is 4.83. The molecule has 2 aromatic rings. The molecule has 0 amide bonds. The number of carbonyl (C=O) groups is 1. The number of carboxylic acid groups (broad SMARTS) is 1. The van der Waals surface area contributed by atoms with Crippen LogP contribution in [0.1, 0.15) is 25.7 Å². The van der Waals surface area contributed by atoms with Crippen molar-refractivity contribution in [3.63, 3.8) is 0 Å². The van der Waals surface area contributed by atoms with Crippen LogP contribution < -0.4 is 5.32 Å². The van der Waals surface area contributed by atoms with Crippen molar-refractivity contribution >= 4 is 23.0 Å². The topological polar surface area (TPSA) is 49.3 Å². The van der Waals surface area contributed by atoms with E-state index in [2.05, 4.69) is 25.2 Å². The van der Waals surface area contributed by atoms with Crippen molar-refractivity contribution in [2.45, 2.75) is 20.4 Å². The van der Waals surface area contributed by atoms with Gasteiger partial charge in [-0.3, -0.25) is 0 Å². The Labute approximate surface area is 110 Å². The number of aryl methyl sites for hydroxylation is 2. The third kappa shape index (κ3) is 2.71. The van der Waals surface area contributed by atoms with Gasteiger partial charge < -0.3 is 10.4 Å². The number of carboxylic acids is 1. The lowest BCUT2D eigenvalue weighted by Crippen LogP contribution is -2.05. The highest BCUT2D eigenvalue weighted by Crippen LogP contribution is 2.22. The molecule has 18 heavy (non-hydrogen) atoms. The number of rotatable bonds is 4. The maximum atomic E-state index is 11.1. The van der Waals surface area contributed by atoms with E-state index in [0.717, 1.165) is 0 Å². The first-order valence-corrected chi connectivity index (χ1v) is 6.51. The molecule has 1 heterocycles. The molecule has 1 aromatic carbocycles. The fraction of sp³-hybridized carbons (Fsp3) is 0.214. The van der Waals surface area contributed by atoms with Gasteiger partial charge >= 0.3 is 5.97 Å². The minimum atomic E-state index is -0.906. The van der Waals surface area contributed by atoms with Gasteiger partial charge in [-0.25, -0.2) is 4.79 Å². The largest absolute Gasteiger partial charge is 0.478 e. The van der Waals surface area contributed by atoms with E-state index in [1.807, 2.05) is 6.07 Å². The standard InChI is InChI=1S/C14H15NO2S/c1-9-7-11(18-10(9)2)8-15-13-6-4-3-5-12(13)14(16)17/h3-7,15H,8H2,1-2H3,(H,16,17). The molecule has 3 nitrogen and oxygen atoms in total. The average Bonchev–Trinajstić information content (AvgIpc) is 2.66. The molecule has 0 bridgehead atoms. The smallest absolute Gasteiger partial charge is 0.337 e. The van der Waals surface area contributed by atoms with Crippen LogP contribution in [-0.4, -0.2) is 11.1 Å². The van der Waals surface area contributed by atoms with E-state index in [1.165, 1.54) is 15.3 Å². The van der Waals surface area contributed by atoms with Gasteiger partial charge in [-0.1, -0.05) is 12.1 Å². The number of aromatic carboxylic acids is 1. The first-order valence-electron chi connectivity index (χ1n) is 5.70. The second kappa shape index (κ2) is 5.23. The molecule has 0 saturated heterocycles. The van der Waals surface area contributed by atoms with Crippen LogP contribution in [-0.2, 0) is 6.54 Å². The molecule has 2 rings (SSSR count). The van der Waals surface area contributed by atoms with Crippen LogP contribution in [0.25, 0.3) is 0 Å². The first-order chi connectivity index (χ1) is 8.58. The highest BCUT2D eigenvalue weighted by atomic mass is 32.1. The third-order valence-electron chi connectivity index (χ3n) is 2.83. The molecule has 0 saturated carbocycles. The Balaban J connectivity index is 2.13. The predicted molar refractivity (Wildman–Crippen MR) is 74.5 cm³/mol. The molecule has 0 aliphatic heterocycles. The van der Waals surface area contributed by atoms with Gasteiger partial charge in [0.05, 0.1) is 5.56 Å². The number of thiophene rings is 1. The summed E-state index contributed by atoms with van der Waals surface area (Å²) in [6.07, 6.45) is 0. The molecule has 0 aliphatic carbocycles. The summed E-state index contributed by atoms with van der Waals surface area (Å²) in [5.74, 6) is -0.906. The highest BCUT2D eigenvalue weighted by molar-refractivity contribution is 7.12. The number of para-hydroxylation sites is 1. The molecule has 0 radical (unpaired) electrons. The molecule has 2 N–H and O–H groups in total. The van der Waals surface area contributed by atoms with E-state index >= 15 is 0 Å². The molecule has 0 aliphatic rings. The average molecular weight is 261 g/mol. The second-order valence-electron chi connectivity index (χ2n) is 4.16. The van der Waals surface area contributed by atoms with E-state index in [9.17, 15) is 4.79 Å². The van der Waals surface area contributed by atoms with Crippen molar-refractivity contribution in [2.24, 2.45) is 0 Å². The zero-order valence-corrected chi connectivity index (χ0v) is 11.2. The summed E-state index contributed by atoms with van der Waals surface area (Å²) in [5, 5.41) is 12.3. The lowest BCUT2D eigenvalue weighted by atomic mass is 10.2. The van der Waals surface area contributed by atoms with Crippen LogP contribution >= 0.6 is 11.3 Å². The molecular formula is C14H15NO2S. The van der Waals surface area contributed by atoms with E-state index in [-0.39, 0.29) is 0 Å².